The molecule has 0 saturated carbocycles. The van der Waals surface area contributed by atoms with Crippen LogP contribution < -0.4 is 10.6 Å². The summed E-state index contributed by atoms with van der Waals surface area (Å²) in [6.07, 6.45) is 3.96. The van der Waals surface area contributed by atoms with Gasteiger partial charge in [0.05, 0.1) is 0 Å². The summed E-state index contributed by atoms with van der Waals surface area (Å²) in [6.45, 7) is 15.0. The first kappa shape index (κ1) is 24.5. The molecule has 0 radical (unpaired) electrons. The summed E-state index contributed by atoms with van der Waals surface area (Å²) in [6, 6.07) is 0. The zero-order valence-electron chi connectivity index (χ0n) is 17.0. The Hall–Kier alpha value is -0.530. The Balaban J connectivity index is 0.00000576. The third-order valence-corrected chi connectivity index (χ3v) is 4.62. The molecule has 6 heteroatoms. The fourth-order valence-corrected chi connectivity index (χ4v) is 3.60. The van der Waals surface area contributed by atoms with Gasteiger partial charge in [-0.25, -0.2) is 0 Å². The fourth-order valence-electron chi connectivity index (χ4n) is 3.60. The van der Waals surface area contributed by atoms with Crippen LogP contribution in [-0.2, 0) is 4.79 Å². The van der Waals surface area contributed by atoms with Gasteiger partial charge in [-0.15, -0.1) is 24.0 Å². The maximum Gasteiger partial charge on any atom is 0.220 e. The molecule has 0 aliphatic carbocycles. The van der Waals surface area contributed by atoms with Crippen LogP contribution in [0.4, 0.5) is 0 Å². The molecule has 25 heavy (non-hydrogen) atoms. The van der Waals surface area contributed by atoms with Gasteiger partial charge in [0.2, 0.25) is 5.91 Å². The number of hydrogen-bond acceptors (Lipinski definition) is 2. The lowest BCUT2D eigenvalue weighted by atomic mass is 9.84. The maximum absolute atomic E-state index is 11.5. The highest BCUT2D eigenvalue weighted by Gasteiger charge is 2.24. The molecule has 1 saturated heterocycles. The molecule has 0 atom stereocenters. The van der Waals surface area contributed by atoms with Gasteiger partial charge in [-0.2, -0.15) is 0 Å². The Bertz CT molecular complexity index is 416. The number of halogens is 1. The first-order chi connectivity index (χ1) is 11.3. The van der Waals surface area contributed by atoms with Crippen molar-refractivity contribution in [2.24, 2.45) is 22.2 Å². The summed E-state index contributed by atoms with van der Waals surface area (Å²) in [5.74, 6) is 2.39. The van der Waals surface area contributed by atoms with E-state index in [9.17, 15) is 4.79 Å². The van der Waals surface area contributed by atoms with Crippen LogP contribution in [0.1, 0.15) is 60.3 Å². The Kier molecular flexibility index (Phi) is 11.7. The highest BCUT2D eigenvalue weighted by molar-refractivity contribution is 14.0. The molecule has 5 nitrogen and oxygen atoms in total. The van der Waals surface area contributed by atoms with Crippen molar-refractivity contribution in [1.29, 1.82) is 0 Å². The number of nitrogens with zero attached hydrogens (tertiary/aromatic N) is 2. The molecule has 1 rings (SSSR count). The zero-order chi connectivity index (χ0) is 18.2. The number of carbonyl (C=O) groups excluding carboxylic acids is 1. The van der Waals surface area contributed by atoms with E-state index in [-0.39, 0.29) is 35.3 Å². The second-order valence-electron chi connectivity index (χ2n) is 8.24. The number of hydrogen-bond donors (Lipinski definition) is 2. The van der Waals surface area contributed by atoms with Crippen LogP contribution in [0, 0.1) is 17.3 Å². The van der Waals surface area contributed by atoms with Gasteiger partial charge in [-0.1, -0.05) is 27.7 Å². The second-order valence-corrected chi connectivity index (χ2v) is 8.24. The van der Waals surface area contributed by atoms with Crippen molar-refractivity contribution in [3.05, 3.63) is 0 Å². The summed E-state index contributed by atoms with van der Waals surface area (Å²) in [4.78, 5) is 18.8. The summed E-state index contributed by atoms with van der Waals surface area (Å²) >= 11 is 0. The van der Waals surface area contributed by atoms with E-state index in [1.54, 1.807) is 7.05 Å². The molecule has 0 spiro atoms. The van der Waals surface area contributed by atoms with Crippen molar-refractivity contribution in [2.45, 2.75) is 60.3 Å². The van der Waals surface area contributed by atoms with Crippen molar-refractivity contribution in [1.82, 2.24) is 15.5 Å². The van der Waals surface area contributed by atoms with Crippen LogP contribution in [0.5, 0.6) is 0 Å². The smallest absolute Gasteiger partial charge is 0.220 e. The zero-order valence-corrected chi connectivity index (χ0v) is 19.4. The van der Waals surface area contributed by atoms with Gasteiger partial charge in [0, 0.05) is 39.6 Å². The number of rotatable bonds is 7. The van der Waals surface area contributed by atoms with Gasteiger partial charge in [0.25, 0.3) is 0 Å². The summed E-state index contributed by atoms with van der Waals surface area (Å²) < 4.78 is 0. The van der Waals surface area contributed by atoms with Crippen LogP contribution in [0.3, 0.4) is 0 Å². The lowest BCUT2D eigenvalue weighted by molar-refractivity contribution is -0.121. The van der Waals surface area contributed by atoms with E-state index < -0.39 is 0 Å². The first-order valence-electron chi connectivity index (χ1n) is 9.51. The molecular formula is C19H39IN4O. The van der Waals surface area contributed by atoms with Crippen LogP contribution in [-0.4, -0.2) is 50.0 Å². The molecule has 1 heterocycles. The topological polar surface area (TPSA) is 56.7 Å². The Morgan fingerprint density at radius 2 is 1.88 bits per heavy atom. The summed E-state index contributed by atoms with van der Waals surface area (Å²) in [5, 5.41) is 6.17. The number of carbonyl (C=O) groups is 1. The number of amides is 1. The minimum Gasteiger partial charge on any atom is -0.359 e. The number of piperidine rings is 1. The third-order valence-electron chi connectivity index (χ3n) is 4.62. The predicted molar refractivity (Wildman–Crippen MR) is 118 cm³/mol. The SMILES string of the molecule is CCNC(=NCC(C)(C)CC(C)C)N1CCC(CC(=O)NC)CC1.I. The monoisotopic (exact) mass is 466 g/mol. The predicted octanol–water partition coefficient (Wildman–Crippen LogP) is 3.49. The van der Waals surface area contributed by atoms with E-state index in [0.717, 1.165) is 45.0 Å². The molecule has 0 aromatic heterocycles. The van der Waals surface area contributed by atoms with E-state index in [4.69, 9.17) is 4.99 Å². The van der Waals surface area contributed by atoms with Crippen molar-refractivity contribution in [3.63, 3.8) is 0 Å². The van der Waals surface area contributed by atoms with Gasteiger partial charge < -0.3 is 15.5 Å². The Labute approximate surface area is 171 Å². The van der Waals surface area contributed by atoms with Gasteiger partial charge >= 0.3 is 0 Å². The van der Waals surface area contributed by atoms with E-state index in [1.807, 2.05) is 0 Å². The molecule has 1 aliphatic rings. The van der Waals surface area contributed by atoms with Crippen LogP contribution in [0.15, 0.2) is 4.99 Å². The number of nitrogens with one attached hydrogen (secondary N) is 2. The van der Waals surface area contributed by atoms with E-state index in [2.05, 4.69) is 50.2 Å². The molecule has 0 aromatic carbocycles. The third kappa shape index (κ3) is 9.66. The molecule has 0 bridgehead atoms. The van der Waals surface area contributed by atoms with Gasteiger partial charge in [0.1, 0.15) is 0 Å². The highest BCUT2D eigenvalue weighted by atomic mass is 127. The average Bonchev–Trinajstić information content (AvgIpc) is 2.51. The molecule has 1 fully saturated rings. The van der Waals surface area contributed by atoms with Gasteiger partial charge in [-0.05, 0) is 43.4 Å². The van der Waals surface area contributed by atoms with Crippen molar-refractivity contribution < 1.29 is 4.79 Å². The average molecular weight is 466 g/mol. The molecule has 148 valence electrons. The Morgan fingerprint density at radius 1 is 1.28 bits per heavy atom. The molecule has 2 N–H and O–H groups in total. The van der Waals surface area contributed by atoms with Crippen molar-refractivity contribution >= 4 is 35.8 Å². The van der Waals surface area contributed by atoms with Crippen LogP contribution in [0.2, 0.25) is 0 Å². The van der Waals surface area contributed by atoms with E-state index >= 15 is 0 Å². The standard InChI is InChI=1S/C19H38N4O.HI/c1-7-21-18(22-14-19(4,5)13-15(2)3)23-10-8-16(9-11-23)12-17(24)20-6;/h15-16H,7-14H2,1-6H3,(H,20,24)(H,21,22);1H. The minimum absolute atomic E-state index is 0. The van der Waals surface area contributed by atoms with Crippen molar-refractivity contribution in [2.75, 3.05) is 33.2 Å². The van der Waals surface area contributed by atoms with E-state index in [0.29, 0.717) is 18.3 Å². The highest BCUT2D eigenvalue weighted by Crippen LogP contribution is 2.26. The number of guanidine groups is 1. The van der Waals surface area contributed by atoms with Gasteiger partial charge in [0.15, 0.2) is 5.96 Å². The Morgan fingerprint density at radius 3 is 2.36 bits per heavy atom. The molecule has 0 aromatic rings. The summed E-state index contributed by atoms with van der Waals surface area (Å²) in [7, 11) is 1.71. The van der Waals surface area contributed by atoms with E-state index in [1.165, 1.54) is 6.42 Å². The first-order valence-corrected chi connectivity index (χ1v) is 9.51. The van der Waals surface area contributed by atoms with Crippen molar-refractivity contribution in [3.8, 4) is 0 Å². The van der Waals surface area contributed by atoms with Crippen LogP contribution in [0.25, 0.3) is 0 Å². The minimum atomic E-state index is 0. The molecule has 1 aliphatic heterocycles. The lowest BCUT2D eigenvalue weighted by Gasteiger charge is -2.35. The van der Waals surface area contributed by atoms with Gasteiger partial charge in [-0.3, -0.25) is 9.79 Å². The number of aliphatic imine (C=N–C) groups is 1. The second kappa shape index (κ2) is 12.0. The largest absolute Gasteiger partial charge is 0.359 e. The molecular weight excluding hydrogens is 427 g/mol. The summed E-state index contributed by atoms with van der Waals surface area (Å²) in [5.41, 5.74) is 0.229. The maximum atomic E-state index is 11.5. The normalized spacial score (nSPS) is 16.6. The molecule has 0 unspecified atom stereocenters. The number of likely N-dealkylation sites (tertiary alicyclic amines) is 1. The molecule has 1 amide bonds. The quantitative estimate of drug-likeness (QED) is 0.343. The lowest BCUT2D eigenvalue weighted by Crippen LogP contribution is -2.46. The fraction of sp³-hybridized carbons (Fsp3) is 0.895. The van der Waals surface area contributed by atoms with Crippen LogP contribution >= 0.6 is 24.0 Å².